The predicted octanol–water partition coefficient (Wildman–Crippen LogP) is 3.05. The molecule has 1 saturated carbocycles. The molecule has 2 heterocycles. The number of primary amides is 1. The van der Waals surface area contributed by atoms with Crippen LogP contribution in [0.3, 0.4) is 0 Å². The number of fused-ring (bicyclic) bond motifs is 3. The summed E-state index contributed by atoms with van der Waals surface area (Å²) in [5.74, 6) is -1.64. The van der Waals surface area contributed by atoms with Crippen molar-refractivity contribution in [3.05, 3.63) is 50.0 Å². The number of rotatable bonds is 3. The third-order valence-electron chi connectivity index (χ3n) is 4.84. The Hall–Kier alpha value is -1.54. The molecule has 1 aromatic heterocycles. The molecule has 4 nitrogen and oxygen atoms in total. The number of nitrogens with one attached hydrogen (secondary N) is 1. The van der Waals surface area contributed by atoms with E-state index in [9.17, 15) is 13.6 Å². The zero-order valence-electron chi connectivity index (χ0n) is 11.8. The Kier molecular flexibility index (Phi) is 3.09. The average molecular weight is 400 g/mol. The summed E-state index contributed by atoms with van der Waals surface area (Å²) in [5.41, 5.74) is 6.25. The van der Waals surface area contributed by atoms with Gasteiger partial charge in [-0.2, -0.15) is 0 Å². The highest BCUT2D eigenvalue weighted by Crippen LogP contribution is 2.67. The van der Waals surface area contributed by atoms with Gasteiger partial charge in [0.15, 0.2) is 4.77 Å². The van der Waals surface area contributed by atoms with Crippen LogP contribution < -0.4 is 5.73 Å². The van der Waals surface area contributed by atoms with Gasteiger partial charge in [-0.3, -0.25) is 4.79 Å². The van der Waals surface area contributed by atoms with Crippen molar-refractivity contribution < 1.29 is 13.6 Å². The van der Waals surface area contributed by atoms with Crippen LogP contribution in [0, 0.1) is 16.4 Å². The Morgan fingerprint density at radius 3 is 2.96 bits per heavy atom. The van der Waals surface area contributed by atoms with E-state index in [4.69, 9.17) is 18.0 Å². The van der Waals surface area contributed by atoms with Crippen LogP contribution in [-0.2, 0) is 23.2 Å². The number of nitrogens with two attached hydrogens (primary N) is 1. The van der Waals surface area contributed by atoms with Crippen molar-refractivity contribution in [3.63, 3.8) is 0 Å². The van der Waals surface area contributed by atoms with Crippen molar-refractivity contribution in [2.75, 3.05) is 0 Å². The van der Waals surface area contributed by atoms with Gasteiger partial charge in [-0.05, 0) is 46.7 Å². The molecule has 4 rings (SSSR count). The molecule has 0 spiro atoms. The molecular weight excluding hydrogens is 388 g/mol. The fourth-order valence-electron chi connectivity index (χ4n) is 3.86. The average Bonchev–Trinajstić information content (AvgIpc) is 2.95. The molecule has 1 aliphatic heterocycles. The highest BCUT2D eigenvalue weighted by Gasteiger charge is 2.64. The van der Waals surface area contributed by atoms with Gasteiger partial charge in [0.1, 0.15) is 11.6 Å². The molecule has 1 fully saturated rings. The first kappa shape index (κ1) is 15.0. The maximum absolute atomic E-state index is 14.5. The predicted molar refractivity (Wildman–Crippen MR) is 85.6 cm³/mol. The van der Waals surface area contributed by atoms with Crippen LogP contribution >= 0.6 is 28.1 Å². The number of nitrogens with zero attached hydrogens (tertiary/aromatic N) is 1. The summed E-state index contributed by atoms with van der Waals surface area (Å²) in [6, 6.07) is 2.63. The summed E-state index contributed by atoms with van der Waals surface area (Å²) < 4.78 is 31.4. The lowest BCUT2D eigenvalue weighted by molar-refractivity contribution is -0.117. The summed E-state index contributed by atoms with van der Waals surface area (Å²) in [4.78, 5) is 14.2. The minimum absolute atomic E-state index is 0.0437. The molecule has 0 radical (unpaired) electrons. The highest BCUT2D eigenvalue weighted by atomic mass is 79.9. The van der Waals surface area contributed by atoms with Gasteiger partial charge in [0.25, 0.3) is 0 Å². The van der Waals surface area contributed by atoms with E-state index in [0.29, 0.717) is 23.4 Å². The molecule has 0 bridgehead atoms. The summed E-state index contributed by atoms with van der Waals surface area (Å²) in [7, 11) is 0. The van der Waals surface area contributed by atoms with Crippen molar-refractivity contribution in [2.24, 2.45) is 5.73 Å². The number of imidazole rings is 1. The van der Waals surface area contributed by atoms with Gasteiger partial charge in [-0.25, -0.2) is 8.78 Å². The Labute approximate surface area is 143 Å². The van der Waals surface area contributed by atoms with Gasteiger partial charge < -0.3 is 15.3 Å². The molecular formula is C15H12BrF2N3OS. The normalized spacial score (nSPS) is 24.4. The molecule has 3 N–H and O–H groups in total. The SMILES string of the molecule is NC(=O)Cc1[nH]c(=S)n2c1C1C[C@]1(c1c(F)ccc(Br)c1F)C2. The first-order valence-electron chi connectivity index (χ1n) is 7.09. The fourth-order valence-corrected chi connectivity index (χ4v) is 4.47. The van der Waals surface area contributed by atoms with Gasteiger partial charge in [-0.15, -0.1) is 0 Å². The minimum Gasteiger partial charge on any atom is -0.369 e. The van der Waals surface area contributed by atoms with Crippen LogP contribution in [-0.4, -0.2) is 15.5 Å². The van der Waals surface area contributed by atoms with Crippen LogP contribution in [0.4, 0.5) is 8.78 Å². The van der Waals surface area contributed by atoms with Crippen molar-refractivity contribution in [2.45, 2.75) is 30.7 Å². The second-order valence-electron chi connectivity index (χ2n) is 6.15. The molecule has 2 aromatic rings. The number of H-pyrrole nitrogens is 1. The van der Waals surface area contributed by atoms with E-state index in [1.807, 2.05) is 4.57 Å². The number of amides is 1. The van der Waals surface area contributed by atoms with Gasteiger partial charge >= 0.3 is 0 Å². The number of halogens is 3. The van der Waals surface area contributed by atoms with E-state index in [-0.39, 0.29) is 22.4 Å². The molecule has 2 aliphatic rings. The van der Waals surface area contributed by atoms with Gasteiger partial charge in [-0.1, -0.05) is 0 Å². The third-order valence-corrected chi connectivity index (χ3v) is 5.78. The summed E-state index contributed by atoms with van der Waals surface area (Å²) in [6.07, 6.45) is 0.678. The van der Waals surface area contributed by atoms with Gasteiger partial charge in [0, 0.05) is 34.8 Å². The molecule has 1 amide bonds. The van der Waals surface area contributed by atoms with Crippen LogP contribution in [0.25, 0.3) is 0 Å². The van der Waals surface area contributed by atoms with Gasteiger partial charge in [0.05, 0.1) is 10.9 Å². The Morgan fingerprint density at radius 2 is 2.26 bits per heavy atom. The second kappa shape index (κ2) is 4.73. The summed E-state index contributed by atoms with van der Waals surface area (Å²) in [5, 5.41) is 0. The number of hydrogen-bond acceptors (Lipinski definition) is 2. The fraction of sp³-hybridized carbons (Fsp3) is 0.333. The number of hydrogen-bond donors (Lipinski definition) is 2. The Bertz CT molecular complexity index is 922. The topological polar surface area (TPSA) is 63.8 Å². The number of carbonyl (C=O) groups excluding carboxylic acids is 1. The number of aromatic amines is 1. The lowest BCUT2D eigenvalue weighted by Gasteiger charge is -2.16. The van der Waals surface area contributed by atoms with Crippen molar-refractivity contribution in [3.8, 4) is 0 Å². The van der Waals surface area contributed by atoms with Crippen LogP contribution in [0.2, 0.25) is 0 Å². The molecule has 0 saturated heterocycles. The van der Waals surface area contributed by atoms with Crippen LogP contribution in [0.1, 0.15) is 29.3 Å². The summed E-state index contributed by atoms with van der Waals surface area (Å²) >= 11 is 8.40. The molecule has 2 atom stereocenters. The largest absolute Gasteiger partial charge is 0.369 e. The maximum atomic E-state index is 14.5. The first-order chi connectivity index (χ1) is 10.8. The van der Waals surface area contributed by atoms with Crippen molar-refractivity contribution in [1.82, 2.24) is 9.55 Å². The second-order valence-corrected chi connectivity index (χ2v) is 7.40. The summed E-state index contributed by atoms with van der Waals surface area (Å²) in [6.45, 7) is 0.408. The number of benzene rings is 1. The van der Waals surface area contributed by atoms with Crippen molar-refractivity contribution >= 4 is 34.1 Å². The smallest absolute Gasteiger partial charge is 0.223 e. The lowest BCUT2D eigenvalue weighted by atomic mass is 9.93. The maximum Gasteiger partial charge on any atom is 0.223 e. The van der Waals surface area contributed by atoms with E-state index < -0.39 is 23.0 Å². The van der Waals surface area contributed by atoms with E-state index in [2.05, 4.69) is 20.9 Å². The highest BCUT2D eigenvalue weighted by molar-refractivity contribution is 9.10. The molecule has 1 aliphatic carbocycles. The quantitative estimate of drug-likeness (QED) is 0.615. The Balaban J connectivity index is 1.84. The standard InChI is InChI=1S/C15H12BrF2N3OS/c16-7-1-2-8(17)11(12(7)18)15-4-6(15)13-9(3-10(19)22)20-14(23)21(13)5-15/h1-2,6H,3-5H2,(H2,19,22)(H,20,23)/t6?,15-/m0/s1. The van der Waals surface area contributed by atoms with Crippen LogP contribution in [0.5, 0.6) is 0 Å². The van der Waals surface area contributed by atoms with Crippen LogP contribution in [0.15, 0.2) is 16.6 Å². The molecule has 1 unspecified atom stereocenters. The molecule has 23 heavy (non-hydrogen) atoms. The zero-order chi connectivity index (χ0) is 16.5. The van der Waals surface area contributed by atoms with E-state index in [1.165, 1.54) is 12.1 Å². The van der Waals surface area contributed by atoms with E-state index in [0.717, 1.165) is 5.69 Å². The Morgan fingerprint density at radius 1 is 1.52 bits per heavy atom. The minimum atomic E-state index is -0.623. The molecule has 1 aromatic carbocycles. The van der Waals surface area contributed by atoms with Gasteiger partial charge in [0.2, 0.25) is 5.91 Å². The zero-order valence-corrected chi connectivity index (χ0v) is 14.2. The molecule has 120 valence electrons. The third kappa shape index (κ3) is 1.97. The lowest BCUT2D eigenvalue weighted by Crippen LogP contribution is -2.17. The monoisotopic (exact) mass is 399 g/mol. The van der Waals surface area contributed by atoms with E-state index >= 15 is 0 Å². The van der Waals surface area contributed by atoms with Crippen molar-refractivity contribution in [1.29, 1.82) is 0 Å². The van der Waals surface area contributed by atoms with E-state index in [1.54, 1.807) is 0 Å². The number of aromatic nitrogens is 2. The number of carbonyl (C=O) groups is 1. The molecule has 8 heteroatoms. The first-order valence-corrected chi connectivity index (χ1v) is 8.29.